The largest absolute Gasteiger partial charge is 0.489 e. The lowest BCUT2D eigenvalue weighted by Crippen LogP contribution is -2.15. The van der Waals surface area contributed by atoms with Crippen molar-refractivity contribution in [2.75, 3.05) is 0 Å². The standard InChI is InChI=1S/C23H20N2O2/c1-2-22-24-20-10-6-7-11-21(20)25(22)23(26)18-12-14-19(15-13-18)27-16-17-8-4-3-5-9-17/h3-15H,2,16H2,1H3. The minimum atomic E-state index is -0.0739. The highest BCUT2D eigenvalue weighted by atomic mass is 16.5. The lowest BCUT2D eigenvalue weighted by molar-refractivity contribution is 0.0961. The second kappa shape index (κ2) is 7.46. The molecule has 4 nitrogen and oxygen atoms in total. The highest BCUT2D eigenvalue weighted by Gasteiger charge is 2.17. The molecule has 27 heavy (non-hydrogen) atoms. The number of benzene rings is 3. The zero-order chi connectivity index (χ0) is 18.6. The van der Waals surface area contributed by atoms with E-state index in [0.717, 1.165) is 28.2 Å². The molecule has 0 saturated heterocycles. The van der Waals surface area contributed by atoms with E-state index < -0.39 is 0 Å². The summed E-state index contributed by atoms with van der Waals surface area (Å²) in [5.41, 5.74) is 3.39. The number of fused-ring (bicyclic) bond motifs is 1. The molecule has 0 unspecified atom stereocenters. The van der Waals surface area contributed by atoms with Gasteiger partial charge in [0.1, 0.15) is 18.2 Å². The summed E-state index contributed by atoms with van der Waals surface area (Å²) >= 11 is 0. The Morgan fingerprint density at radius 3 is 2.37 bits per heavy atom. The summed E-state index contributed by atoms with van der Waals surface area (Å²) in [4.78, 5) is 17.6. The maximum absolute atomic E-state index is 13.1. The highest BCUT2D eigenvalue weighted by Crippen LogP contribution is 2.20. The second-order valence-corrected chi connectivity index (χ2v) is 6.31. The average molecular weight is 356 g/mol. The number of nitrogens with zero attached hydrogens (tertiary/aromatic N) is 2. The molecule has 3 aromatic carbocycles. The summed E-state index contributed by atoms with van der Waals surface area (Å²) in [6, 6.07) is 25.0. The van der Waals surface area contributed by atoms with E-state index >= 15 is 0 Å². The van der Waals surface area contributed by atoms with Crippen molar-refractivity contribution in [2.45, 2.75) is 20.0 Å². The summed E-state index contributed by atoms with van der Waals surface area (Å²) in [5, 5.41) is 0. The van der Waals surface area contributed by atoms with E-state index in [1.807, 2.05) is 73.7 Å². The van der Waals surface area contributed by atoms with E-state index in [-0.39, 0.29) is 5.91 Å². The molecule has 0 N–H and O–H groups in total. The number of hydrogen-bond donors (Lipinski definition) is 0. The molecule has 0 atom stereocenters. The number of carbonyl (C=O) groups is 1. The third-order valence-corrected chi connectivity index (χ3v) is 4.50. The fourth-order valence-corrected chi connectivity index (χ4v) is 3.10. The van der Waals surface area contributed by atoms with Crippen LogP contribution in [0.25, 0.3) is 11.0 Å². The minimum Gasteiger partial charge on any atom is -0.489 e. The number of para-hydroxylation sites is 2. The molecule has 0 aliphatic rings. The van der Waals surface area contributed by atoms with Crippen LogP contribution in [0.1, 0.15) is 28.7 Å². The van der Waals surface area contributed by atoms with Gasteiger partial charge in [0.15, 0.2) is 0 Å². The Balaban J connectivity index is 1.56. The molecule has 4 heteroatoms. The molecule has 1 heterocycles. The number of carbonyl (C=O) groups excluding carboxylic acids is 1. The molecule has 4 rings (SSSR count). The first-order chi connectivity index (χ1) is 13.3. The molecule has 0 bridgehead atoms. The van der Waals surface area contributed by atoms with Crippen LogP contribution in [0.5, 0.6) is 5.75 Å². The molecule has 0 amide bonds. The van der Waals surface area contributed by atoms with Gasteiger partial charge < -0.3 is 4.74 Å². The second-order valence-electron chi connectivity index (χ2n) is 6.31. The number of aryl methyl sites for hydroxylation is 1. The van der Waals surface area contributed by atoms with Gasteiger partial charge in [0, 0.05) is 12.0 Å². The third kappa shape index (κ3) is 3.47. The monoisotopic (exact) mass is 356 g/mol. The Bertz CT molecular complexity index is 1070. The number of rotatable bonds is 5. The van der Waals surface area contributed by atoms with Crippen molar-refractivity contribution < 1.29 is 9.53 Å². The van der Waals surface area contributed by atoms with E-state index in [2.05, 4.69) is 4.98 Å². The lowest BCUT2D eigenvalue weighted by Gasteiger charge is -2.09. The van der Waals surface area contributed by atoms with Gasteiger partial charge in [-0.1, -0.05) is 49.4 Å². The summed E-state index contributed by atoms with van der Waals surface area (Å²) in [6.45, 7) is 2.51. The molecule has 0 aliphatic heterocycles. The number of imidazole rings is 1. The molecule has 4 aromatic rings. The van der Waals surface area contributed by atoms with Gasteiger partial charge in [-0.15, -0.1) is 0 Å². The quantitative estimate of drug-likeness (QED) is 0.513. The maximum Gasteiger partial charge on any atom is 0.263 e. The van der Waals surface area contributed by atoms with E-state index in [0.29, 0.717) is 18.6 Å². The predicted molar refractivity (Wildman–Crippen MR) is 106 cm³/mol. The number of aromatic nitrogens is 2. The van der Waals surface area contributed by atoms with Crippen molar-refractivity contribution in [1.29, 1.82) is 0 Å². The van der Waals surface area contributed by atoms with Gasteiger partial charge in [0.25, 0.3) is 5.91 Å². The first-order valence-electron chi connectivity index (χ1n) is 9.04. The van der Waals surface area contributed by atoms with E-state index in [4.69, 9.17) is 4.74 Å². The van der Waals surface area contributed by atoms with Gasteiger partial charge >= 0.3 is 0 Å². The smallest absolute Gasteiger partial charge is 0.263 e. The highest BCUT2D eigenvalue weighted by molar-refractivity contribution is 6.01. The first-order valence-corrected chi connectivity index (χ1v) is 9.04. The Hall–Kier alpha value is -3.40. The van der Waals surface area contributed by atoms with Gasteiger partial charge in [-0.25, -0.2) is 4.98 Å². The zero-order valence-corrected chi connectivity index (χ0v) is 15.1. The molecule has 0 fully saturated rings. The molecule has 1 aromatic heterocycles. The average Bonchev–Trinajstić information content (AvgIpc) is 3.11. The van der Waals surface area contributed by atoms with Gasteiger partial charge in [-0.2, -0.15) is 0 Å². The maximum atomic E-state index is 13.1. The van der Waals surface area contributed by atoms with E-state index in [1.165, 1.54) is 0 Å². The minimum absolute atomic E-state index is 0.0739. The Morgan fingerprint density at radius 2 is 1.63 bits per heavy atom. The first kappa shape index (κ1) is 17.0. The van der Waals surface area contributed by atoms with Crippen LogP contribution in [0.4, 0.5) is 0 Å². The SMILES string of the molecule is CCc1nc2ccccc2n1C(=O)c1ccc(OCc2ccccc2)cc1. The van der Waals surface area contributed by atoms with Gasteiger partial charge in [-0.05, 0) is 42.0 Å². The molecule has 0 aliphatic carbocycles. The van der Waals surface area contributed by atoms with Crippen molar-refractivity contribution in [3.63, 3.8) is 0 Å². The third-order valence-electron chi connectivity index (χ3n) is 4.50. The summed E-state index contributed by atoms with van der Waals surface area (Å²) in [5.74, 6) is 1.43. The van der Waals surface area contributed by atoms with Gasteiger partial charge in [0.05, 0.1) is 11.0 Å². The molecule has 0 radical (unpaired) electrons. The molecule has 134 valence electrons. The summed E-state index contributed by atoms with van der Waals surface area (Å²) < 4.78 is 7.51. The van der Waals surface area contributed by atoms with Crippen molar-refractivity contribution >= 4 is 16.9 Å². The molecular formula is C23H20N2O2. The summed E-state index contributed by atoms with van der Waals surface area (Å²) in [7, 11) is 0. The van der Waals surface area contributed by atoms with E-state index in [1.54, 1.807) is 16.7 Å². The predicted octanol–water partition coefficient (Wildman–Crippen LogP) is 4.87. The lowest BCUT2D eigenvalue weighted by atomic mass is 10.2. The van der Waals surface area contributed by atoms with Gasteiger partial charge in [-0.3, -0.25) is 9.36 Å². The number of ether oxygens (including phenoxy) is 1. The van der Waals surface area contributed by atoms with Crippen molar-refractivity contribution in [3.05, 3.63) is 95.8 Å². The van der Waals surface area contributed by atoms with Crippen LogP contribution >= 0.6 is 0 Å². The normalized spacial score (nSPS) is 10.9. The van der Waals surface area contributed by atoms with Crippen molar-refractivity contribution in [3.8, 4) is 5.75 Å². The molecule has 0 spiro atoms. The van der Waals surface area contributed by atoms with Crippen LogP contribution < -0.4 is 4.74 Å². The topological polar surface area (TPSA) is 44.1 Å². The fraction of sp³-hybridized carbons (Fsp3) is 0.130. The van der Waals surface area contributed by atoms with Crippen molar-refractivity contribution in [2.24, 2.45) is 0 Å². The van der Waals surface area contributed by atoms with Crippen LogP contribution in [0.2, 0.25) is 0 Å². The van der Waals surface area contributed by atoms with E-state index in [9.17, 15) is 4.79 Å². The molecular weight excluding hydrogens is 336 g/mol. The number of hydrogen-bond acceptors (Lipinski definition) is 3. The summed E-state index contributed by atoms with van der Waals surface area (Å²) in [6.07, 6.45) is 0.693. The van der Waals surface area contributed by atoms with Crippen LogP contribution in [-0.4, -0.2) is 15.5 Å². The Labute approximate surface area is 158 Å². The van der Waals surface area contributed by atoms with Crippen LogP contribution in [0.3, 0.4) is 0 Å². The Kier molecular flexibility index (Phi) is 4.71. The zero-order valence-electron chi connectivity index (χ0n) is 15.1. The van der Waals surface area contributed by atoms with Crippen LogP contribution in [-0.2, 0) is 13.0 Å². The fourth-order valence-electron chi connectivity index (χ4n) is 3.10. The van der Waals surface area contributed by atoms with Crippen LogP contribution in [0.15, 0.2) is 78.9 Å². The molecule has 0 saturated carbocycles. The van der Waals surface area contributed by atoms with Gasteiger partial charge in [0.2, 0.25) is 0 Å². The Morgan fingerprint density at radius 1 is 0.926 bits per heavy atom. The van der Waals surface area contributed by atoms with Crippen molar-refractivity contribution in [1.82, 2.24) is 9.55 Å². The van der Waals surface area contributed by atoms with Crippen LogP contribution in [0, 0.1) is 0 Å².